The van der Waals surface area contributed by atoms with Crippen molar-refractivity contribution in [2.24, 2.45) is 5.10 Å². The standard InChI is InChI=1S/C15H17N5O2/c21-14(7-13-15(22)17-6-5-16-13)20-19-9-10-8-18-12-4-2-1-3-11(10)12/h1-4,8-9,13,16,18H,5-7H2,(H,17,22)(H,20,21)/b19-9-/t13-/m1/s1. The number of benzene rings is 1. The zero-order chi connectivity index (χ0) is 15.4. The highest BCUT2D eigenvalue weighted by molar-refractivity contribution is 5.99. The molecule has 1 saturated heterocycles. The number of aromatic amines is 1. The number of hydrazone groups is 1. The van der Waals surface area contributed by atoms with E-state index in [-0.39, 0.29) is 18.2 Å². The van der Waals surface area contributed by atoms with E-state index in [0.717, 1.165) is 16.5 Å². The molecule has 2 heterocycles. The lowest BCUT2D eigenvalue weighted by atomic mass is 10.1. The van der Waals surface area contributed by atoms with Gasteiger partial charge in [-0.15, -0.1) is 0 Å². The van der Waals surface area contributed by atoms with Gasteiger partial charge in [0.15, 0.2) is 0 Å². The fourth-order valence-corrected chi connectivity index (χ4v) is 2.42. The molecule has 1 aromatic heterocycles. The predicted molar refractivity (Wildman–Crippen MR) is 83.5 cm³/mol. The summed E-state index contributed by atoms with van der Waals surface area (Å²) >= 11 is 0. The van der Waals surface area contributed by atoms with Crippen molar-refractivity contribution in [3.05, 3.63) is 36.0 Å². The van der Waals surface area contributed by atoms with Crippen LogP contribution in [-0.2, 0) is 9.59 Å². The summed E-state index contributed by atoms with van der Waals surface area (Å²) in [5, 5.41) is 10.7. The minimum atomic E-state index is -0.489. The Hall–Kier alpha value is -2.67. The van der Waals surface area contributed by atoms with Gasteiger partial charge in [-0.2, -0.15) is 5.10 Å². The van der Waals surface area contributed by atoms with Crippen molar-refractivity contribution in [3.63, 3.8) is 0 Å². The highest BCUT2D eigenvalue weighted by atomic mass is 16.2. The number of H-pyrrole nitrogens is 1. The first-order chi connectivity index (χ1) is 10.7. The van der Waals surface area contributed by atoms with E-state index in [1.165, 1.54) is 0 Å². The molecule has 7 heteroatoms. The van der Waals surface area contributed by atoms with E-state index in [0.29, 0.717) is 13.1 Å². The third-order valence-electron chi connectivity index (χ3n) is 3.54. The van der Waals surface area contributed by atoms with Crippen molar-refractivity contribution in [1.82, 2.24) is 21.0 Å². The van der Waals surface area contributed by atoms with E-state index in [1.54, 1.807) is 6.21 Å². The smallest absolute Gasteiger partial charge is 0.242 e. The second kappa shape index (κ2) is 6.40. The number of carbonyl (C=O) groups excluding carboxylic acids is 2. The molecule has 0 aliphatic carbocycles. The zero-order valence-electron chi connectivity index (χ0n) is 11.9. The fraction of sp³-hybridized carbons (Fsp3) is 0.267. The van der Waals surface area contributed by atoms with Crippen LogP contribution in [0.2, 0.25) is 0 Å². The summed E-state index contributed by atoms with van der Waals surface area (Å²) in [5.41, 5.74) is 4.36. The van der Waals surface area contributed by atoms with E-state index < -0.39 is 6.04 Å². The molecule has 1 fully saturated rings. The Morgan fingerprint density at radius 2 is 2.23 bits per heavy atom. The largest absolute Gasteiger partial charge is 0.361 e. The Kier molecular flexibility index (Phi) is 4.15. The summed E-state index contributed by atoms with van der Waals surface area (Å²) < 4.78 is 0. The molecule has 0 saturated carbocycles. The zero-order valence-corrected chi connectivity index (χ0v) is 11.9. The van der Waals surface area contributed by atoms with Gasteiger partial charge in [0.05, 0.1) is 18.7 Å². The van der Waals surface area contributed by atoms with Gasteiger partial charge >= 0.3 is 0 Å². The van der Waals surface area contributed by atoms with Crippen molar-refractivity contribution in [2.75, 3.05) is 13.1 Å². The Morgan fingerprint density at radius 3 is 3.09 bits per heavy atom. The maximum atomic E-state index is 11.8. The lowest BCUT2D eigenvalue weighted by Crippen LogP contribution is -2.54. The van der Waals surface area contributed by atoms with E-state index >= 15 is 0 Å². The normalized spacial score (nSPS) is 18.5. The van der Waals surface area contributed by atoms with Crippen LogP contribution in [-0.4, -0.2) is 42.1 Å². The van der Waals surface area contributed by atoms with Crippen molar-refractivity contribution in [2.45, 2.75) is 12.5 Å². The van der Waals surface area contributed by atoms with Crippen LogP contribution in [0.15, 0.2) is 35.6 Å². The van der Waals surface area contributed by atoms with Crippen molar-refractivity contribution in [1.29, 1.82) is 0 Å². The molecule has 1 aromatic carbocycles. The van der Waals surface area contributed by atoms with Gasteiger partial charge in [-0.3, -0.25) is 9.59 Å². The molecule has 1 aliphatic rings. The van der Waals surface area contributed by atoms with Crippen LogP contribution in [0.1, 0.15) is 12.0 Å². The van der Waals surface area contributed by atoms with Gasteiger partial charge in [0, 0.05) is 35.8 Å². The second-order valence-electron chi connectivity index (χ2n) is 5.08. The van der Waals surface area contributed by atoms with Gasteiger partial charge in [-0.05, 0) is 6.07 Å². The molecule has 3 rings (SSSR count). The number of carbonyl (C=O) groups is 2. The predicted octanol–water partition coefficient (Wildman–Crippen LogP) is 0.0961. The number of nitrogens with zero attached hydrogens (tertiary/aromatic N) is 1. The SMILES string of the molecule is O=C(C[C@H]1NCCNC1=O)N/N=C\c1c[nH]c2ccccc12. The molecule has 4 N–H and O–H groups in total. The summed E-state index contributed by atoms with van der Waals surface area (Å²) in [6.45, 7) is 1.26. The Morgan fingerprint density at radius 1 is 1.36 bits per heavy atom. The Bertz CT molecular complexity index is 722. The Balaban J connectivity index is 1.57. The van der Waals surface area contributed by atoms with Gasteiger partial charge in [-0.1, -0.05) is 18.2 Å². The van der Waals surface area contributed by atoms with Gasteiger partial charge < -0.3 is 15.6 Å². The highest BCUT2D eigenvalue weighted by Gasteiger charge is 2.23. The molecule has 0 spiro atoms. The highest BCUT2D eigenvalue weighted by Crippen LogP contribution is 2.15. The summed E-state index contributed by atoms with van der Waals surface area (Å²) in [5.74, 6) is -0.451. The first-order valence-corrected chi connectivity index (χ1v) is 7.13. The van der Waals surface area contributed by atoms with Gasteiger partial charge in [-0.25, -0.2) is 5.43 Å². The molecule has 0 unspecified atom stereocenters. The average molecular weight is 299 g/mol. The summed E-state index contributed by atoms with van der Waals surface area (Å²) in [6, 6.07) is 7.35. The van der Waals surface area contributed by atoms with E-state index in [1.807, 2.05) is 30.5 Å². The number of para-hydroxylation sites is 1. The third kappa shape index (κ3) is 3.15. The molecule has 22 heavy (non-hydrogen) atoms. The summed E-state index contributed by atoms with van der Waals surface area (Å²) in [7, 11) is 0. The van der Waals surface area contributed by atoms with Crippen LogP contribution >= 0.6 is 0 Å². The van der Waals surface area contributed by atoms with Gasteiger partial charge in [0.2, 0.25) is 11.8 Å². The first-order valence-electron chi connectivity index (χ1n) is 7.13. The van der Waals surface area contributed by atoms with Crippen LogP contribution < -0.4 is 16.1 Å². The molecule has 7 nitrogen and oxygen atoms in total. The monoisotopic (exact) mass is 299 g/mol. The minimum Gasteiger partial charge on any atom is -0.361 e. The molecule has 1 atom stereocenters. The molecule has 2 amide bonds. The number of fused-ring (bicyclic) bond motifs is 1. The first kappa shape index (κ1) is 14.3. The van der Waals surface area contributed by atoms with E-state index in [4.69, 9.17) is 0 Å². The third-order valence-corrected chi connectivity index (χ3v) is 3.54. The van der Waals surface area contributed by atoms with Crippen LogP contribution in [0.4, 0.5) is 0 Å². The lowest BCUT2D eigenvalue weighted by Gasteiger charge is -2.22. The number of amides is 2. The number of aromatic nitrogens is 1. The minimum absolute atomic E-state index is 0.0665. The number of hydrogen-bond acceptors (Lipinski definition) is 4. The molecule has 114 valence electrons. The summed E-state index contributed by atoms with van der Waals surface area (Å²) in [6.07, 6.45) is 3.48. The van der Waals surface area contributed by atoms with Gasteiger partial charge in [0.25, 0.3) is 0 Å². The van der Waals surface area contributed by atoms with Crippen LogP contribution in [0.3, 0.4) is 0 Å². The van der Waals surface area contributed by atoms with Crippen LogP contribution in [0.25, 0.3) is 10.9 Å². The van der Waals surface area contributed by atoms with Crippen molar-refractivity contribution in [3.8, 4) is 0 Å². The number of rotatable bonds is 4. The molecule has 1 aliphatic heterocycles. The fourth-order valence-electron chi connectivity index (χ4n) is 2.42. The molecule has 0 radical (unpaired) electrons. The summed E-state index contributed by atoms with van der Waals surface area (Å²) in [4.78, 5) is 26.5. The van der Waals surface area contributed by atoms with E-state index in [2.05, 4.69) is 26.1 Å². The van der Waals surface area contributed by atoms with Crippen molar-refractivity contribution < 1.29 is 9.59 Å². The maximum Gasteiger partial charge on any atom is 0.242 e. The van der Waals surface area contributed by atoms with Crippen LogP contribution in [0, 0.1) is 0 Å². The number of hydrogen-bond donors (Lipinski definition) is 4. The van der Waals surface area contributed by atoms with Crippen LogP contribution in [0.5, 0.6) is 0 Å². The topological polar surface area (TPSA) is 98.4 Å². The van der Waals surface area contributed by atoms with Gasteiger partial charge in [0.1, 0.15) is 0 Å². The maximum absolute atomic E-state index is 11.8. The average Bonchev–Trinajstić information content (AvgIpc) is 2.93. The molecular weight excluding hydrogens is 282 g/mol. The quantitative estimate of drug-likeness (QED) is 0.476. The molecular formula is C15H17N5O2. The lowest BCUT2D eigenvalue weighted by molar-refractivity contribution is -0.129. The Labute approximate surface area is 127 Å². The molecule has 2 aromatic rings. The van der Waals surface area contributed by atoms with Crippen molar-refractivity contribution >= 4 is 28.9 Å². The number of nitrogens with one attached hydrogen (secondary N) is 4. The second-order valence-corrected chi connectivity index (χ2v) is 5.08. The number of piperazine rings is 1. The van der Waals surface area contributed by atoms with E-state index in [9.17, 15) is 9.59 Å². The molecule has 0 bridgehead atoms.